The molecule has 4 nitrogen and oxygen atoms in total. The van der Waals surface area contributed by atoms with E-state index in [0.29, 0.717) is 17.9 Å². The van der Waals surface area contributed by atoms with Gasteiger partial charge in [-0.2, -0.15) is 0 Å². The van der Waals surface area contributed by atoms with Gasteiger partial charge in [0, 0.05) is 18.4 Å². The molecule has 4 heteroatoms. The molecule has 0 fully saturated rings. The predicted octanol–water partition coefficient (Wildman–Crippen LogP) is 8.19. The highest BCUT2D eigenvalue weighted by Gasteiger charge is 2.09. The summed E-state index contributed by atoms with van der Waals surface area (Å²) in [4.78, 5) is 17.0. The average Bonchev–Trinajstić information content (AvgIpc) is 2.90. The van der Waals surface area contributed by atoms with Gasteiger partial charge in [-0.1, -0.05) is 70.6 Å². The Morgan fingerprint density at radius 2 is 1.43 bits per heavy atom. The maximum Gasteiger partial charge on any atom is 0.343 e. The first kappa shape index (κ1) is 26.6. The van der Waals surface area contributed by atoms with E-state index in [9.17, 15) is 4.79 Å². The molecule has 2 aromatic carbocycles. The van der Waals surface area contributed by atoms with Crippen molar-refractivity contribution < 1.29 is 14.3 Å². The second-order valence-electron chi connectivity index (χ2n) is 9.09. The summed E-state index contributed by atoms with van der Waals surface area (Å²) in [6.07, 6.45) is 12.8. The molecule has 0 unspecified atom stereocenters. The number of carbonyl (C=O) groups excluding carboxylic acids is 1. The Bertz CT molecular complexity index is 995. The zero-order valence-corrected chi connectivity index (χ0v) is 21.3. The molecule has 0 radical (unpaired) electrons. The van der Waals surface area contributed by atoms with Crippen LogP contribution in [0.25, 0.3) is 11.3 Å². The van der Waals surface area contributed by atoms with Crippen LogP contribution < -0.4 is 4.74 Å². The summed E-state index contributed by atoms with van der Waals surface area (Å²) in [7, 11) is 0. The van der Waals surface area contributed by atoms with Crippen LogP contribution in [0.15, 0.2) is 66.9 Å². The second kappa shape index (κ2) is 15.1. The van der Waals surface area contributed by atoms with E-state index < -0.39 is 0 Å². The third kappa shape index (κ3) is 9.29. The van der Waals surface area contributed by atoms with Crippen LogP contribution in [0.3, 0.4) is 0 Å². The van der Waals surface area contributed by atoms with E-state index in [4.69, 9.17) is 9.47 Å². The highest BCUT2D eigenvalue weighted by molar-refractivity contribution is 5.91. The summed E-state index contributed by atoms with van der Waals surface area (Å²) in [5.74, 6) is 0.178. The van der Waals surface area contributed by atoms with Gasteiger partial charge in [-0.05, 0) is 72.9 Å². The summed E-state index contributed by atoms with van der Waals surface area (Å²) in [6, 6.07) is 19.2. The molecule has 186 valence electrons. The lowest BCUT2D eigenvalue weighted by Crippen LogP contribution is -2.08. The van der Waals surface area contributed by atoms with Crippen molar-refractivity contribution >= 4 is 5.97 Å². The van der Waals surface area contributed by atoms with Crippen molar-refractivity contribution in [1.29, 1.82) is 0 Å². The van der Waals surface area contributed by atoms with Crippen LogP contribution in [0.5, 0.6) is 5.75 Å². The van der Waals surface area contributed by atoms with E-state index in [2.05, 4.69) is 24.9 Å². The number of benzene rings is 2. The first-order chi connectivity index (χ1) is 17.2. The molecule has 0 amide bonds. The Labute approximate surface area is 210 Å². The Morgan fingerprint density at radius 3 is 2.11 bits per heavy atom. The minimum atomic E-state index is -0.344. The van der Waals surface area contributed by atoms with Crippen molar-refractivity contribution in [3.8, 4) is 17.0 Å². The smallest absolute Gasteiger partial charge is 0.343 e. The number of pyridine rings is 1. The lowest BCUT2D eigenvalue weighted by Gasteiger charge is -2.08. The number of aromatic nitrogens is 1. The van der Waals surface area contributed by atoms with Gasteiger partial charge in [0.15, 0.2) is 0 Å². The first-order valence-corrected chi connectivity index (χ1v) is 13.1. The van der Waals surface area contributed by atoms with Gasteiger partial charge in [0.05, 0.1) is 17.9 Å². The van der Waals surface area contributed by atoms with Crippen LogP contribution in [0.4, 0.5) is 0 Å². The fourth-order valence-electron chi connectivity index (χ4n) is 3.90. The fourth-order valence-corrected chi connectivity index (χ4v) is 3.90. The number of hydrogen-bond donors (Lipinski definition) is 0. The van der Waals surface area contributed by atoms with E-state index in [1.165, 1.54) is 37.7 Å². The third-order valence-electron chi connectivity index (χ3n) is 6.10. The van der Waals surface area contributed by atoms with Crippen molar-refractivity contribution in [2.45, 2.75) is 78.2 Å². The topological polar surface area (TPSA) is 48.4 Å². The van der Waals surface area contributed by atoms with E-state index in [1.807, 2.05) is 60.8 Å². The Balaban J connectivity index is 1.44. The lowest BCUT2D eigenvalue weighted by atomic mass is 10.1. The van der Waals surface area contributed by atoms with Crippen LogP contribution in [0.1, 0.15) is 86.7 Å². The van der Waals surface area contributed by atoms with Gasteiger partial charge in [-0.3, -0.25) is 4.98 Å². The van der Waals surface area contributed by atoms with Crippen LogP contribution in [-0.4, -0.2) is 17.6 Å². The number of esters is 1. The maximum absolute atomic E-state index is 12.5. The maximum atomic E-state index is 12.5. The van der Waals surface area contributed by atoms with Crippen LogP contribution >= 0.6 is 0 Å². The van der Waals surface area contributed by atoms with Crippen LogP contribution in [0.2, 0.25) is 0 Å². The van der Waals surface area contributed by atoms with E-state index in [1.54, 1.807) is 0 Å². The molecule has 1 heterocycles. The van der Waals surface area contributed by atoms with Gasteiger partial charge in [-0.25, -0.2) is 4.79 Å². The number of aryl methyl sites for hydroxylation is 1. The van der Waals surface area contributed by atoms with Crippen molar-refractivity contribution in [3.05, 3.63) is 83.6 Å². The molecule has 0 saturated carbocycles. The molecular formula is C31H39NO3. The Morgan fingerprint density at radius 1 is 0.743 bits per heavy atom. The van der Waals surface area contributed by atoms with Crippen molar-refractivity contribution in [1.82, 2.24) is 4.98 Å². The number of hydrogen-bond acceptors (Lipinski definition) is 4. The minimum absolute atomic E-state index is 0.344. The summed E-state index contributed by atoms with van der Waals surface area (Å²) in [5.41, 5.74) is 4.74. The van der Waals surface area contributed by atoms with E-state index in [0.717, 1.165) is 49.1 Å². The average molecular weight is 474 g/mol. The highest BCUT2D eigenvalue weighted by Crippen LogP contribution is 2.22. The van der Waals surface area contributed by atoms with Gasteiger partial charge in [-0.15, -0.1) is 0 Å². The first-order valence-electron chi connectivity index (χ1n) is 13.1. The number of carbonyl (C=O) groups is 1. The van der Waals surface area contributed by atoms with Crippen molar-refractivity contribution in [3.63, 3.8) is 0 Å². The third-order valence-corrected chi connectivity index (χ3v) is 6.10. The second-order valence-corrected chi connectivity index (χ2v) is 9.09. The Kier molecular flexibility index (Phi) is 11.5. The summed E-state index contributed by atoms with van der Waals surface area (Å²) in [5, 5.41) is 0. The van der Waals surface area contributed by atoms with Gasteiger partial charge < -0.3 is 9.47 Å². The monoisotopic (exact) mass is 473 g/mol. The molecule has 0 aliphatic carbocycles. The quantitative estimate of drug-likeness (QED) is 0.127. The SMILES string of the molecule is CCCCCCCCOCc1ccc(-c2ccc(OC(=O)c3ccc(CCCC)cc3)cc2)nc1. The fraction of sp³-hybridized carbons (Fsp3) is 0.419. The molecule has 35 heavy (non-hydrogen) atoms. The molecule has 0 aliphatic heterocycles. The zero-order valence-electron chi connectivity index (χ0n) is 21.3. The number of unbranched alkanes of at least 4 members (excludes halogenated alkanes) is 6. The van der Waals surface area contributed by atoms with Gasteiger partial charge in [0.25, 0.3) is 0 Å². The minimum Gasteiger partial charge on any atom is -0.423 e. The van der Waals surface area contributed by atoms with E-state index in [-0.39, 0.29) is 5.97 Å². The van der Waals surface area contributed by atoms with Gasteiger partial charge in [0.2, 0.25) is 0 Å². The molecule has 0 N–H and O–H groups in total. The summed E-state index contributed by atoms with van der Waals surface area (Å²) < 4.78 is 11.3. The highest BCUT2D eigenvalue weighted by atomic mass is 16.5. The zero-order chi connectivity index (χ0) is 24.7. The molecule has 1 aromatic heterocycles. The molecule has 0 aliphatic rings. The molecule has 0 saturated heterocycles. The lowest BCUT2D eigenvalue weighted by molar-refractivity contribution is 0.0734. The predicted molar refractivity (Wildman–Crippen MR) is 143 cm³/mol. The standard InChI is InChI=1S/C31H39NO3/c1-3-5-7-8-9-10-22-34-24-26-14-21-30(32-23-26)27-17-19-29(20-18-27)35-31(33)28-15-12-25(13-16-28)11-6-4-2/h12-21,23H,3-11,22,24H2,1-2H3. The van der Waals surface area contributed by atoms with Gasteiger partial charge in [0.1, 0.15) is 5.75 Å². The molecular weight excluding hydrogens is 434 g/mol. The van der Waals surface area contributed by atoms with Crippen LogP contribution in [-0.2, 0) is 17.8 Å². The van der Waals surface area contributed by atoms with Gasteiger partial charge >= 0.3 is 5.97 Å². The number of ether oxygens (including phenoxy) is 2. The molecule has 3 rings (SSSR count). The molecule has 0 atom stereocenters. The Hall–Kier alpha value is -2.98. The molecule has 3 aromatic rings. The number of nitrogens with zero attached hydrogens (tertiary/aromatic N) is 1. The molecule has 0 spiro atoms. The summed E-state index contributed by atoms with van der Waals surface area (Å²) in [6.45, 7) is 5.81. The van der Waals surface area contributed by atoms with Crippen LogP contribution in [0, 0.1) is 0 Å². The number of rotatable bonds is 15. The van der Waals surface area contributed by atoms with Crippen molar-refractivity contribution in [2.75, 3.05) is 6.61 Å². The normalized spacial score (nSPS) is 10.9. The van der Waals surface area contributed by atoms with Crippen molar-refractivity contribution in [2.24, 2.45) is 0 Å². The summed E-state index contributed by atoms with van der Waals surface area (Å²) >= 11 is 0. The largest absolute Gasteiger partial charge is 0.423 e. The molecule has 0 bridgehead atoms. The van der Waals surface area contributed by atoms with E-state index >= 15 is 0 Å².